The van der Waals surface area contributed by atoms with Crippen LogP contribution in [0.2, 0.25) is 0 Å². The Hall–Kier alpha value is -3.09. The van der Waals surface area contributed by atoms with Crippen molar-refractivity contribution in [3.05, 3.63) is 53.1 Å². The Balaban J connectivity index is 3.91. The molecule has 150 valence electrons. The summed E-state index contributed by atoms with van der Waals surface area (Å²) in [7, 11) is 0. The van der Waals surface area contributed by atoms with Gasteiger partial charge in [-0.2, -0.15) is 15.8 Å². The minimum atomic E-state index is -0.131. The van der Waals surface area contributed by atoms with E-state index in [1.165, 1.54) is 6.08 Å². The van der Waals surface area contributed by atoms with Crippen LogP contribution in [0.25, 0.3) is 16.7 Å². The van der Waals surface area contributed by atoms with Crippen molar-refractivity contribution in [1.29, 1.82) is 15.8 Å². The second-order valence-electron chi connectivity index (χ2n) is 7.75. The van der Waals surface area contributed by atoms with Crippen LogP contribution >= 0.6 is 0 Å². The van der Waals surface area contributed by atoms with Gasteiger partial charge in [-0.1, -0.05) is 34.6 Å². The van der Waals surface area contributed by atoms with E-state index in [0.29, 0.717) is 0 Å². The van der Waals surface area contributed by atoms with Crippen LogP contribution < -0.4 is 0 Å². The average Bonchev–Trinajstić information content (AvgIpc) is 2.74. The highest BCUT2D eigenvalue weighted by Gasteiger charge is 2.27. The van der Waals surface area contributed by atoms with Gasteiger partial charge >= 0.3 is 0 Å². The van der Waals surface area contributed by atoms with Gasteiger partial charge in [0.25, 0.3) is 0 Å². The third-order valence-electron chi connectivity index (χ3n) is 6.10. The van der Waals surface area contributed by atoms with Gasteiger partial charge < -0.3 is 0 Å². The number of hydrogen-bond acceptors (Lipinski definition) is 3. The average molecular weight is 386 g/mol. The summed E-state index contributed by atoms with van der Waals surface area (Å²) in [6, 6.07) is 12.7. The normalized spacial score (nSPS) is 14.0. The Bertz CT molecular complexity index is 936. The van der Waals surface area contributed by atoms with Crippen LogP contribution in [0.15, 0.2) is 36.4 Å². The quantitative estimate of drug-likeness (QED) is 0.441. The van der Waals surface area contributed by atoms with Crippen molar-refractivity contribution in [2.45, 2.75) is 60.8 Å². The van der Waals surface area contributed by atoms with E-state index in [9.17, 15) is 10.5 Å². The van der Waals surface area contributed by atoms with E-state index in [1.54, 1.807) is 12.2 Å². The first-order valence-electron chi connectivity index (χ1n) is 10.2. The largest absolute Gasteiger partial charge is 0.193 e. The lowest BCUT2D eigenvalue weighted by atomic mass is 9.73. The molecule has 1 aromatic rings. The van der Waals surface area contributed by atoms with Crippen molar-refractivity contribution in [1.82, 2.24) is 0 Å². The molecular weight excluding hydrogens is 354 g/mol. The monoisotopic (exact) mass is 385 g/mol. The molecule has 29 heavy (non-hydrogen) atoms. The fraction of sp³-hybridized carbons (Fsp3) is 0.423. The summed E-state index contributed by atoms with van der Waals surface area (Å²) in [5.74, 6) is 0.227. The minimum absolute atomic E-state index is 0.131. The van der Waals surface area contributed by atoms with Crippen molar-refractivity contribution in [2.75, 3.05) is 0 Å². The molecule has 0 aliphatic carbocycles. The SMILES string of the molecule is CCC(C)/C(=C\C#N)c1cc(/C(C)=C/C#N)cc(/C(=C/C#N)C(C)(CC)CC)c1. The second kappa shape index (κ2) is 11.0. The number of rotatable bonds is 8. The Kier molecular flexibility index (Phi) is 9.12. The number of nitriles is 3. The zero-order valence-electron chi connectivity index (χ0n) is 18.5. The molecule has 0 aliphatic rings. The van der Waals surface area contributed by atoms with E-state index in [-0.39, 0.29) is 11.3 Å². The van der Waals surface area contributed by atoms with E-state index < -0.39 is 0 Å². The summed E-state index contributed by atoms with van der Waals surface area (Å²) in [4.78, 5) is 0. The first-order chi connectivity index (χ1) is 13.8. The van der Waals surface area contributed by atoms with Crippen molar-refractivity contribution in [3.8, 4) is 18.2 Å². The molecule has 3 heteroatoms. The highest BCUT2D eigenvalue weighted by molar-refractivity contribution is 5.81. The van der Waals surface area contributed by atoms with Crippen molar-refractivity contribution in [3.63, 3.8) is 0 Å². The molecule has 0 heterocycles. The summed E-state index contributed by atoms with van der Waals surface area (Å²) in [5.41, 5.74) is 5.59. The van der Waals surface area contributed by atoms with Gasteiger partial charge in [0.2, 0.25) is 0 Å². The molecule has 1 rings (SSSR count). The highest BCUT2D eigenvalue weighted by atomic mass is 14.3. The van der Waals surface area contributed by atoms with Crippen molar-refractivity contribution < 1.29 is 0 Å². The molecule has 0 saturated carbocycles. The molecule has 0 radical (unpaired) electrons. The summed E-state index contributed by atoms with van der Waals surface area (Å²) >= 11 is 0. The fourth-order valence-electron chi connectivity index (χ4n) is 3.46. The Morgan fingerprint density at radius 1 is 0.897 bits per heavy atom. The van der Waals surface area contributed by atoms with Gasteiger partial charge in [-0.15, -0.1) is 0 Å². The van der Waals surface area contributed by atoms with Gasteiger partial charge in [-0.05, 0) is 89.1 Å². The standard InChI is InChI=1S/C26H31N3/c1-7-19(4)24(11-14-28)22-16-21(20(5)10-13-27)17-23(18-22)25(12-15-29)26(6,8-2)9-3/h10-12,16-19H,7-9H2,1-6H3/b20-10+,24-11+,25-12-. The number of benzene rings is 1. The molecule has 0 saturated heterocycles. The molecule has 0 bridgehead atoms. The third kappa shape index (κ3) is 5.70. The number of hydrogen-bond donors (Lipinski definition) is 0. The summed E-state index contributed by atoms with van der Waals surface area (Å²) in [6.45, 7) is 12.6. The van der Waals surface area contributed by atoms with E-state index in [0.717, 1.165) is 52.7 Å². The van der Waals surface area contributed by atoms with Gasteiger partial charge in [-0.25, -0.2) is 0 Å². The van der Waals surface area contributed by atoms with Crippen LogP contribution in [0, 0.1) is 45.3 Å². The minimum Gasteiger partial charge on any atom is -0.193 e. The number of allylic oxidation sites excluding steroid dienone is 6. The van der Waals surface area contributed by atoms with Crippen LogP contribution in [0.4, 0.5) is 0 Å². The zero-order chi connectivity index (χ0) is 22.0. The Morgan fingerprint density at radius 3 is 1.90 bits per heavy atom. The smallest absolute Gasteiger partial charge is 0.0915 e. The summed E-state index contributed by atoms with van der Waals surface area (Å²) in [5, 5.41) is 27.9. The Labute approximate surface area is 176 Å². The van der Waals surface area contributed by atoms with Crippen LogP contribution in [0.1, 0.15) is 77.5 Å². The first-order valence-corrected chi connectivity index (χ1v) is 10.2. The fourth-order valence-corrected chi connectivity index (χ4v) is 3.46. The lowest BCUT2D eigenvalue weighted by molar-refractivity contribution is 0.414. The van der Waals surface area contributed by atoms with E-state index in [1.807, 2.05) is 13.0 Å². The molecule has 1 atom stereocenters. The van der Waals surface area contributed by atoms with Crippen molar-refractivity contribution in [2.24, 2.45) is 11.3 Å². The lowest BCUT2D eigenvalue weighted by Gasteiger charge is -2.31. The third-order valence-corrected chi connectivity index (χ3v) is 6.10. The first kappa shape index (κ1) is 23.9. The maximum absolute atomic E-state index is 9.47. The van der Waals surface area contributed by atoms with Crippen LogP contribution in [0.5, 0.6) is 0 Å². The van der Waals surface area contributed by atoms with Crippen LogP contribution in [0.3, 0.4) is 0 Å². The molecule has 0 spiro atoms. The van der Waals surface area contributed by atoms with E-state index in [4.69, 9.17) is 5.26 Å². The highest BCUT2D eigenvalue weighted by Crippen LogP contribution is 2.42. The van der Waals surface area contributed by atoms with Gasteiger partial charge in [-0.3, -0.25) is 0 Å². The predicted octanol–water partition coefficient (Wildman–Crippen LogP) is 7.30. The molecule has 3 nitrogen and oxygen atoms in total. The van der Waals surface area contributed by atoms with E-state index >= 15 is 0 Å². The van der Waals surface area contributed by atoms with Crippen LogP contribution in [-0.2, 0) is 0 Å². The molecular formula is C26H31N3. The van der Waals surface area contributed by atoms with E-state index in [2.05, 4.69) is 65.0 Å². The lowest BCUT2D eigenvalue weighted by Crippen LogP contribution is -2.16. The number of nitrogens with zero attached hydrogens (tertiary/aromatic N) is 3. The van der Waals surface area contributed by atoms with Gasteiger partial charge in [0.1, 0.15) is 0 Å². The molecule has 1 unspecified atom stereocenters. The molecule has 0 aromatic heterocycles. The van der Waals surface area contributed by atoms with Gasteiger partial charge in [0.05, 0.1) is 18.2 Å². The molecule has 0 aliphatic heterocycles. The van der Waals surface area contributed by atoms with Crippen molar-refractivity contribution >= 4 is 16.7 Å². The predicted molar refractivity (Wildman–Crippen MR) is 121 cm³/mol. The van der Waals surface area contributed by atoms with Gasteiger partial charge in [0.15, 0.2) is 0 Å². The summed E-state index contributed by atoms with van der Waals surface area (Å²) < 4.78 is 0. The topological polar surface area (TPSA) is 71.4 Å². The molecule has 0 fully saturated rings. The van der Waals surface area contributed by atoms with Gasteiger partial charge in [0, 0.05) is 18.2 Å². The summed E-state index contributed by atoms with van der Waals surface area (Å²) in [6.07, 6.45) is 7.55. The maximum Gasteiger partial charge on any atom is 0.0915 e. The maximum atomic E-state index is 9.47. The zero-order valence-corrected chi connectivity index (χ0v) is 18.5. The van der Waals surface area contributed by atoms with Crippen LogP contribution in [-0.4, -0.2) is 0 Å². The molecule has 1 aromatic carbocycles. The Morgan fingerprint density at radius 2 is 1.41 bits per heavy atom. The molecule has 0 amide bonds. The molecule has 0 N–H and O–H groups in total. The second-order valence-corrected chi connectivity index (χ2v) is 7.75.